The summed E-state index contributed by atoms with van der Waals surface area (Å²) in [6, 6.07) is 5.19. The average Bonchev–Trinajstić information content (AvgIpc) is 2.43. The van der Waals surface area contributed by atoms with E-state index in [1.807, 2.05) is 11.8 Å². The molecule has 0 aliphatic heterocycles. The molecule has 0 aromatic heterocycles. The van der Waals surface area contributed by atoms with Crippen LogP contribution in [0.15, 0.2) is 24.3 Å². The van der Waals surface area contributed by atoms with Gasteiger partial charge in [0.15, 0.2) is 0 Å². The molecule has 1 aromatic rings. The Labute approximate surface area is 117 Å². The third-order valence-corrected chi connectivity index (χ3v) is 2.84. The highest BCUT2D eigenvalue weighted by Crippen LogP contribution is 2.15. The lowest BCUT2D eigenvalue weighted by Gasteiger charge is -2.27. The summed E-state index contributed by atoms with van der Waals surface area (Å²) in [6.07, 6.45) is 0. The first-order chi connectivity index (χ1) is 9.47. The first-order valence-corrected chi connectivity index (χ1v) is 6.33. The minimum atomic E-state index is -0.762. The van der Waals surface area contributed by atoms with Gasteiger partial charge in [-0.25, -0.2) is 9.18 Å². The minimum absolute atomic E-state index is 0.258. The van der Waals surface area contributed by atoms with Crippen molar-refractivity contribution in [2.75, 3.05) is 25.1 Å². The Morgan fingerprint density at radius 3 is 2.40 bits per heavy atom. The van der Waals surface area contributed by atoms with Gasteiger partial charge in [0, 0.05) is 25.7 Å². The Balaban J connectivity index is 2.85. The molecule has 0 radical (unpaired) electrons. The van der Waals surface area contributed by atoms with E-state index in [0.717, 1.165) is 5.69 Å². The zero-order valence-electron chi connectivity index (χ0n) is 11.9. The Morgan fingerprint density at radius 2 is 1.95 bits per heavy atom. The minimum Gasteiger partial charge on any atom is -0.467 e. The Morgan fingerprint density at radius 1 is 1.35 bits per heavy atom. The van der Waals surface area contributed by atoms with Crippen LogP contribution in [0, 0.1) is 5.82 Å². The van der Waals surface area contributed by atoms with Crippen LogP contribution in [0.3, 0.4) is 0 Å². The normalized spacial score (nSPS) is 11.6. The highest BCUT2D eigenvalue weighted by molar-refractivity contribution is 5.83. The fraction of sp³-hybridized carbons (Fsp3) is 0.429. The fourth-order valence-electron chi connectivity index (χ4n) is 1.86. The lowest BCUT2D eigenvalue weighted by atomic mass is 10.2. The largest absolute Gasteiger partial charge is 0.467 e. The summed E-state index contributed by atoms with van der Waals surface area (Å²) in [5.41, 5.74) is 0.771. The Hall–Kier alpha value is -2.11. The third kappa shape index (κ3) is 4.53. The van der Waals surface area contributed by atoms with Crippen LogP contribution in [0.25, 0.3) is 0 Å². The van der Waals surface area contributed by atoms with Gasteiger partial charge in [0.25, 0.3) is 0 Å². The molecule has 0 aliphatic rings. The number of amides is 1. The lowest BCUT2D eigenvalue weighted by molar-refractivity contribution is -0.144. The van der Waals surface area contributed by atoms with Gasteiger partial charge in [-0.15, -0.1) is 0 Å². The molecule has 0 heterocycles. The molecule has 0 saturated heterocycles. The van der Waals surface area contributed by atoms with Gasteiger partial charge in [0.05, 0.1) is 7.11 Å². The maximum Gasteiger partial charge on any atom is 0.330 e. The quantitative estimate of drug-likeness (QED) is 0.800. The second kappa shape index (κ2) is 7.47. The summed E-state index contributed by atoms with van der Waals surface area (Å²) in [7, 11) is 1.27. The number of anilines is 1. The van der Waals surface area contributed by atoms with Crippen LogP contribution in [0.4, 0.5) is 10.1 Å². The van der Waals surface area contributed by atoms with E-state index in [0.29, 0.717) is 6.54 Å². The standard InChI is InChI=1S/C14H19FN2O3/c1-4-17(12-7-5-11(15)6-8-12)9-13(14(19)20-3)16-10(2)18/h5-8,13H,4,9H2,1-3H3,(H,16,18). The van der Waals surface area contributed by atoms with E-state index in [1.165, 1.54) is 26.2 Å². The number of rotatable bonds is 6. The Kier molecular flexibility index (Phi) is 5.96. The van der Waals surface area contributed by atoms with Crippen LogP contribution >= 0.6 is 0 Å². The molecule has 5 nitrogen and oxygen atoms in total. The van der Waals surface area contributed by atoms with Gasteiger partial charge < -0.3 is 15.0 Å². The predicted molar refractivity (Wildman–Crippen MR) is 73.9 cm³/mol. The van der Waals surface area contributed by atoms with E-state index < -0.39 is 12.0 Å². The molecule has 1 amide bonds. The van der Waals surface area contributed by atoms with Crippen molar-refractivity contribution in [1.29, 1.82) is 0 Å². The third-order valence-electron chi connectivity index (χ3n) is 2.84. The number of nitrogens with one attached hydrogen (secondary N) is 1. The maximum absolute atomic E-state index is 12.9. The first kappa shape index (κ1) is 15.9. The number of benzene rings is 1. The number of likely N-dealkylation sites (N-methyl/N-ethyl adjacent to an activating group) is 1. The molecule has 0 saturated carbocycles. The molecule has 110 valence electrons. The zero-order chi connectivity index (χ0) is 15.1. The molecular formula is C14H19FN2O3. The van der Waals surface area contributed by atoms with Crippen molar-refractivity contribution in [3.05, 3.63) is 30.1 Å². The molecule has 6 heteroatoms. The van der Waals surface area contributed by atoms with Crippen molar-refractivity contribution < 1.29 is 18.7 Å². The molecule has 0 aliphatic carbocycles. The van der Waals surface area contributed by atoms with E-state index >= 15 is 0 Å². The van der Waals surface area contributed by atoms with Gasteiger partial charge in [0.1, 0.15) is 11.9 Å². The second-order valence-corrected chi connectivity index (χ2v) is 4.29. The molecule has 1 unspecified atom stereocenters. The molecule has 1 atom stereocenters. The van der Waals surface area contributed by atoms with Gasteiger partial charge in [-0.2, -0.15) is 0 Å². The molecule has 1 rings (SSSR count). The zero-order valence-corrected chi connectivity index (χ0v) is 11.9. The van der Waals surface area contributed by atoms with Gasteiger partial charge in [-0.05, 0) is 31.2 Å². The summed E-state index contributed by atoms with van der Waals surface area (Å²) in [5, 5.41) is 2.55. The smallest absolute Gasteiger partial charge is 0.330 e. The number of methoxy groups -OCH3 is 1. The van der Waals surface area contributed by atoms with E-state index in [4.69, 9.17) is 0 Å². The summed E-state index contributed by atoms with van der Waals surface area (Å²) in [6.45, 7) is 4.11. The van der Waals surface area contributed by atoms with Crippen LogP contribution in [-0.2, 0) is 14.3 Å². The van der Waals surface area contributed by atoms with Gasteiger partial charge in [-0.3, -0.25) is 4.79 Å². The molecule has 0 fully saturated rings. The number of carbonyl (C=O) groups is 2. The fourth-order valence-corrected chi connectivity index (χ4v) is 1.86. The van der Waals surface area contributed by atoms with Crippen LogP contribution in [0.2, 0.25) is 0 Å². The van der Waals surface area contributed by atoms with Crippen molar-refractivity contribution in [2.24, 2.45) is 0 Å². The average molecular weight is 282 g/mol. The van der Waals surface area contributed by atoms with Gasteiger partial charge >= 0.3 is 5.97 Å². The van der Waals surface area contributed by atoms with E-state index in [1.54, 1.807) is 12.1 Å². The van der Waals surface area contributed by atoms with E-state index in [-0.39, 0.29) is 18.3 Å². The lowest BCUT2D eigenvalue weighted by Crippen LogP contribution is -2.48. The number of carbonyl (C=O) groups excluding carboxylic acids is 2. The summed E-state index contributed by atoms with van der Waals surface area (Å²) in [4.78, 5) is 24.7. The first-order valence-electron chi connectivity index (χ1n) is 6.33. The van der Waals surface area contributed by atoms with Crippen molar-refractivity contribution in [3.8, 4) is 0 Å². The molecule has 1 aromatic carbocycles. The number of hydrogen-bond donors (Lipinski definition) is 1. The van der Waals surface area contributed by atoms with Gasteiger partial charge in [0.2, 0.25) is 5.91 Å². The monoisotopic (exact) mass is 282 g/mol. The number of halogens is 1. The number of ether oxygens (including phenoxy) is 1. The SMILES string of the molecule is CCN(CC(NC(C)=O)C(=O)OC)c1ccc(F)cc1. The number of nitrogens with zero attached hydrogens (tertiary/aromatic N) is 1. The molecule has 20 heavy (non-hydrogen) atoms. The molecule has 0 spiro atoms. The summed E-state index contributed by atoms with van der Waals surface area (Å²) in [5.74, 6) is -1.15. The van der Waals surface area contributed by atoms with E-state index in [9.17, 15) is 14.0 Å². The molecular weight excluding hydrogens is 263 g/mol. The van der Waals surface area contributed by atoms with E-state index in [2.05, 4.69) is 10.1 Å². The van der Waals surface area contributed by atoms with Crippen LogP contribution in [0.5, 0.6) is 0 Å². The summed E-state index contributed by atoms with van der Waals surface area (Å²) < 4.78 is 17.6. The van der Waals surface area contributed by atoms with Gasteiger partial charge in [-0.1, -0.05) is 0 Å². The topological polar surface area (TPSA) is 58.6 Å². The van der Waals surface area contributed by atoms with Crippen LogP contribution < -0.4 is 10.2 Å². The number of esters is 1. The van der Waals surface area contributed by atoms with Crippen LogP contribution in [-0.4, -0.2) is 38.1 Å². The molecule has 0 bridgehead atoms. The summed E-state index contributed by atoms with van der Waals surface area (Å²) >= 11 is 0. The van der Waals surface area contributed by atoms with Crippen LogP contribution in [0.1, 0.15) is 13.8 Å². The van der Waals surface area contributed by atoms with Crippen molar-refractivity contribution in [2.45, 2.75) is 19.9 Å². The van der Waals surface area contributed by atoms with Crippen molar-refractivity contribution >= 4 is 17.6 Å². The Bertz CT molecular complexity index is 462. The highest BCUT2D eigenvalue weighted by Gasteiger charge is 2.23. The van der Waals surface area contributed by atoms with Crippen molar-refractivity contribution in [1.82, 2.24) is 5.32 Å². The number of hydrogen-bond acceptors (Lipinski definition) is 4. The predicted octanol–water partition coefficient (Wildman–Crippen LogP) is 1.33. The highest BCUT2D eigenvalue weighted by atomic mass is 19.1. The van der Waals surface area contributed by atoms with Crippen molar-refractivity contribution in [3.63, 3.8) is 0 Å². The molecule has 1 N–H and O–H groups in total. The second-order valence-electron chi connectivity index (χ2n) is 4.29. The maximum atomic E-state index is 12.9.